The SMILES string of the molecule is O=C1[C@@H]2[C@@H](CBr)C[C@@H]2C(=O)N1Cc1ccccc1. The number of imide groups is 1. The second-order valence-electron chi connectivity index (χ2n) is 5.03. The summed E-state index contributed by atoms with van der Waals surface area (Å²) < 4.78 is 0. The standard InChI is InChI=1S/C14H14BrNO2/c15-7-10-6-11-12(10)14(18)16(13(11)17)8-9-4-2-1-3-5-9/h1-5,10-12H,6-8H2/t10-,11+,12-/m1/s1. The monoisotopic (exact) mass is 307 g/mol. The van der Waals surface area contributed by atoms with Gasteiger partial charge in [-0.25, -0.2) is 0 Å². The highest BCUT2D eigenvalue weighted by atomic mass is 79.9. The van der Waals surface area contributed by atoms with Crippen LogP contribution in [0, 0.1) is 17.8 Å². The van der Waals surface area contributed by atoms with E-state index in [-0.39, 0.29) is 23.7 Å². The van der Waals surface area contributed by atoms with Crippen LogP contribution in [0.5, 0.6) is 0 Å². The third-order valence-corrected chi connectivity index (χ3v) is 4.85. The van der Waals surface area contributed by atoms with E-state index in [1.54, 1.807) is 0 Å². The largest absolute Gasteiger partial charge is 0.278 e. The van der Waals surface area contributed by atoms with Gasteiger partial charge in [0, 0.05) is 5.33 Å². The molecule has 0 radical (unpaired) electrons. The van der Waals surface area contributed by atoms with E-state index in [1.807, 2.05) is 30.3 Å². The Bertz CT molecular complexity index is 488. The van der Waals surface area contributed by atoms with Crippen LogP contribution in [0.3, 0.4) is 0 Å². The van der Waals surface area contributed by atoms with Crippen LogP contribution in [0.2, 0.25) is 0 Å². The maximum Gasteiger partial charge on any atom is 0.233 e. The molecule has 3 rings (SSSR count). The number of halogens is 1. The zero-order chi connectivity index (χ0) is 12.7. The van der Waals surface area contributed by atoms with Crippen molar-refractivity contribution >= 4 is 27.7 Å². The number of alkyl halides is 1. The van der Waals surface area contributed by atoms with Crippen LogP contribution in [0.1, 0.15) is 12.0 Å². The van der Waals surface area contributed by atoms with Crippen molar-refractivity contribution in [2.45, 2.75) is 13.0 Å². The number of nitrogens with zero attached hydrogens (tertiary/aromatic N) is 1. The fourth-order valence-electron chi connectivity index (χ4n) is 2.95. The summed E-state index contributed by atoms with van der Waals surface area (Å²) in [5, 5.41) is 0.812. The van der Waals surface area contributed by atoms with E-state index >= 15 is 0 Å². The number of benzene rings is 1. The number of carbonyl (C=O) groups is 2. The van der Waals surface area contributed by atoms with Gasteiger partial charge in [-0.15, -0.1) is 0 Å². The minimum absolute atomic E-state index is 0.0181. The molecule has 0 unspecified atom stereocenters. The summed E-state index contributed by atoms with van der Waals surface area (Å²) in [4.78, 5) is 25.8. The number of hydrogen-bond donors (Lipinski definition) is 0. The Kier molecular flexibility index (Phi) is 2.98. The fraction of sp³-hybridized carbons (Fsp3) is 0.429. The molecule has 1 saturated carbocycles. The molecule has 1 aromatic rings. The van der Waals surface area contributed by atoms with E-state index in [0.29, 0.717) is 12.5 Å². The minimum Gasteiger partial charge on any atom is -0.278 e. The van der Waals surface area contributed by atoms with E-state index in [0.717, 1.165) is 17.3 Å². The Balaban J connectivity index is 1.78. The molecule has 4 heteroatoms. The Labute approximate surface area is 114 Å². The van der Waals surface area contributed by atoms with Crippen LogP contribution >= 0.6 is 15.9 Å². The van der Waals surface area contributed by atoms with Gasteiger partial charge in [0.05, 0.1) is 18.4 Å². The molecule has 1 aliphatic carbocycles. The summed E-state index contributed by atoms with van der Waals surface area (Å²) in [7, 11) is 0. The summed E-state index contributed by atoms with van der Waals surface area (Å²) in [6, 6.07) is 9.68. The molecule has 1 heterocycles. The maximum atomic E-state index is 12.2. The zero-order valence-electron chi connectivity index (χ0n) is 9.88. The summed E-state index contributed by atoms with van der Waals surface area (Å²) >= 11 is 3.41. The lowest BCUT2D eigenvalue weighted by atomic mass is 9.67. The molecule has 1 aromatic carbocycles. The molecule has 0 N–H and O–H groups in total. The van der Waals surface area contributed by atoms with Gasteiger partial charge in [0.1, 0.15) is 0 Å². The average Bonchev–Trinajstić information content (AvgIpc) is 2.52. The van der Waals surface area contributed by atoms with Crippen LogP contribution in [0.4, 0.5) is 0 Å². The van der Waals surface area contributed by atoms with Gasteiger partial charge in [-0.05, 0) is 17.9 Å². The van der Waals surface area contributed by atoms with Crippen LogP contribution < -0.4 is 0 Å². The number of amides is 2. The number of likely N-dealkylation sites (tertiary alicyclic amines) is 1. The first-order valence-electron chi connectivity index (χ1n) is 6.17. The third-order valence-electron chi connectivity index (χ3n) is 4.01. The van der Waals surface area contributed by atoms with Crippen LogP contribution in [0.25, 0.3) is 0 Å². The van der Waals surface area contributed by atoms with E-state index < -0.39 is 0 Å². The number of hydrogen-bond acceptors (Lipinski definition) is 2. The molecule has 94 valence electrons. The van der Waals surface area contributed by atoms with Crippen LogP contribution in [-0.2, 0) is 16.1 Å². The minimum atomic E-state index is -0.0689. The van der Waals surface area contributed by atoms with Crippen LogP contribution in [0.15, 0.2) is 30.3 Å². The molecule has 2 aliphatic rings. The first kappa shape index (κ1) is 11.9. The highest BCUT2D eigenvalue weighted by molar-refractivity contribution is 9.09. The lowest BCUT2D eigenvalue weighted by Gasteiger charge is -2.34. The molecule has 2 amide bonds. The lowest BCUT2D eigenvalue weighted by molar-refractivity contribution is -0.140. The molecule has 18 heavy (non-hydrogen) atoms. The van der Waals surface area contributed by atoms with Gasteiger partial charge in [-0.3, -0.25) is 14.5 Å². The summed E-state index contributed by atoms with van der Waals surface area (Å²) in [6.07, 6.45) is 0.853. The van der Waals surface area contributed by atoms with Crippen molar-refractivity contribution in [1.82, 2.24) is 4.90 Å². The number of carbonyl (C=O) groups excluding carboxylic acids is 2. The second-order valence-corrected chi connectivity index (χ2v) is 5.68. The summed E-state index contributed by atoms with van der Waals surface area (Å²) in [6.45, 7) is 0.417. The molecular formula is C14H14BrNO2. The molecule has 3 nitrogen and oxygen atoms in total. The number of fused-ring (bicyclic) bond motifs is 1. The van der Waals surface area contributed by atoms with Gasteiger partial charge in [0.15, 0.2) is 0 Å². The lowest BCUT2D eigenvalue weighted by Crippen LogP contribution is -2.39. The first-order chi connectivity index (χ1) is 8.72. The average molecular weight is 308 g/mol. The molecule has 0 aromatic heterocycles. The van der Waals surface area contributed by atoms with Crippen molar-refractivity contribution < 1.29 is 9.59 Å². The van der Waals surface area contributed by atoms with E-state index in [4.69, 9.17) is 0 Å². The summed E-state index contributed by atoms with van der Waals surface area (Å²) in [5.74, 6) is 0.257. The van der Waals surface area contributed by atoms with Crippen molar-refractivity contribution in [3.05, 3.63) is 35.9 Å². The van der Waals surface area contributed by atoms with Crippen molar-refractivity contribution in [2.75, 3.05) is 5.33 Å². The van der Waals surface area contributed by atoms with Crippen molar-refractivity contribution in [2.24, 2.45) is 17.8 Å². The first-order valence-corrected chi connectivity index (χ1v) is 7.29. The van der Waals surface area contributed by atoms with Crippen molar-refractivity contribution in [1.29, 1.82) is 0 Å². The predicted octanol–water partition coefficient (Wildman–Crippen LogP) is 2.20. The van der Waals surface area contributed by atoms with Crippen LogP contribution in [-0.4, -0.2) is 22.0 Å². The highest BCUT2D eigenvalue weighted by Crippen LogP contribution is 2.48. The van der Waals surface area contributed by atoms with Crippen molar-refractivity contribution in [3.8, 4) is 0 Å². The molecule has 3 atom stereocenters. The van der Waals surface area contributed by atoms with Gasteiger partial charge in [0.25, 0.3) is 0 Å². The van der Waals surface area contributed by atoms with Crippen molar-refractivity contribution in [3.63, 3.8) is 0 Å². The molecule has 2 fully saturated rings. The molecule has 0 bridgehead atoms. The van der Waals surface area contributed by atoms with Gasteiger partial charge in [-0.1, -0.05) is 46.3 Å². The number of rotatable bonds is 3. The highest BCUT2D eigenvalue weighted by Gasteiger charge is 2.57. The van der Waals surface area contributed by atoms with Gasteiger partial charge in [0.2, 0.25) is 11.8 Å². The predicted molar refractivity (Wildman–Crippen MR) is 70.9 cm³/mol. The van der Waals surface area contributed by atoms with E-state index in [9.17, 15) is 9.59 Å². The van der Waals surface area contributed by atoms with Gasteiger partial charge < -0.3 is 0 Å². The van der Waals surface area contributed by atoms with Gasteiger partial charge in [-0.2, -0.15) is 0 Å². The Morgan fingerprint density at radius 3 is 2.56 bits per heavy atom. The Morgan fingerprint density at radius 1 is 1.17 bits per heavy atom. The van der Waals surface area contributed by atoms with Gasteiger partial charge >= 0.3 is 0 Å². The Hall–Kier alpha value is -1.16. The second kappa shape index (κ2) is 4.50. The maximum absolute atomic E-state index is 12.2. The van der Waals surface area contributed by atoms with E-state index in [1.165, 1.54) is 4.90 Å². The third kappa shape index (κ3) is 1.70. The summed E-state index contributed by atoms with van der Waals surface area (Å²) in [5.41, 5.74) is 1.01. The zero-order valence-corrected chi connectivity index (χ0v) is 11.5. The molecule has 1 saturated heterocycles. The fourth-order valence-corrected chi connectivity index (χ4v) is 3.62. The Morgan fingerprint density at radius 2 is 1.89 bits per heavy atom. The quantitative estimate of drug-likeness (QED) is 0.634. The molecular weight excluding hydrogens is 294 g/mol. The normalized spacial score (nSPS) is 30.3. The smallest absolute Gasteiger partial charge is 0.233 e. The topological polar surface area (TPSA) is 37.4 Å². The molecule has 0 spiro atoms. The molecule has 1 aliphatic heterocycles. The van der Waals surface area contributed by atoms with E-state index in [2.05, 4.69) is 15.9 Å².